The first-order chi connectivity index (χ1) is 64.3. The molecule has 12 aliphatic rings. The topological polar surface area (TPSA) is 622 Å². The number of aliphatic hydroxyl groups excluding tert-OH is 16. The van der Waals surface area contributed by atoms with Gasteiger partial charge in [-0.1, -0.05) is 125 Å². The lowest BCUT2D eigenvalue weighted by atomic mass is 9.80. The molecule has 0 bridgehead atoms. The molecule has 1 aliphatic carbocycles. The third kappa shape index (κ3) is 23.0. The number of hydrogen-bond donors (Lipinski definition) is 19. The van der Waals surface area contributed by atoms with Crippen molar-refractivity contribution in [1.29, 1.82) is 0 Å². The molecule has 0 amide bonds. The minimum absolute atomic E-state index is 0.117. The van der Waals surface area contributed by atoms with Crippen molar-refractivity contribution in [2.75, 3.05) is 33.0 Å². The highest BCUT2D eigenvalue weighted by Crippen LogP contribution is 2.55. The van der Waals surface area contributed by atoms with E-state index in [9.17, 15) is 107 Å². The summed E-state index contributed by atoms with van der Waals surface area (Å²) in [5.41, 5.74) is -1.54. The Morgan fingerprint density at radius 2 is 0.537 bits per heavy atom. The van der Waals surface area contributed by atoms with Crippen LogP contribution in [0.5, 0.6) is 0 Å². The fourth-order valence-corrected chi connectivity index (χ4v) is 22.1. The minimum atomic E-state index is -2.03. The summed E-state index contributed by atoms with van der Waals surface area (Å²) in [4.78, 5) is 25.8. The predicted molar refractivity (Wildman–Crippen MR) is 464 cm³/mol. The molecule has 43 heteroatoms. The largest absolute Gasteiger partial charge is 0.481 e. The van der Waals surface area contributed by atoms with Crippen molar-refractivity contribution in [2.24, 2.45) is 82.9 Å². The molecule has 790 valence electrons. The first-order valence-electron chi connectivity index (χ1n) is 49.4. The van der Waals surface area contributed by atoms with Crippen molar-refractivity contribution in [2.45, 2.75) is 459 Å². The van der Waals surface area contributed by atoms with E-state index >= 15 is 0 Å². The van der Waals surface area contributed by atoms with E-state index in [0.29, 0.717) is 25.7 Å². The number of ether oxygens (including phenoxy) is 22. The van der Waals surface area contributed by atoms with E-state index in [-0.39, 0.29) is 47.8 Å². The second-order valence-corrected chi connectivity index (χ2v) is 41.0. The van der Waals surface area contributed by atoms with Gasteiger partial charge in [0.05, 0.1) is 124 Å². The lowest BCUT2D eigenvalue weighted by Gasteiger charge is -2.52. The summed E-state index contributed by atoms with van der Waals surface area (Å²) >= 11 is 0. The van der Waals surface area contributed by atoms with Gasteiger partial charge in [-0.05, 0) is 87.4 Å². The zero-order valence-electron chi connectivity index (χ0n) is 81.6. The van der Waals surface area contributed by atoms with E-state index in [1.165, 1.54) is 6.92 Å². The van der Waals surface area contributed by atoms with Crippen molar-refractivity contribution >= 4 is 11.9 Å². The summed E-state index contributed by atoms with van der Waals surface area (Å²) in [6.45, 7) is 34.3. The number of aliphatic carboxylic acids is 2. The fourth-order valence-electron chi connectivity index (χ4n) is 22.1. The molecule has 11 saturated heterocycles. The minimum Gasteiger partial charge on any atom is -0.481 e. The molecule has 0 aromatic heterocycles. The van der Waals surface area contributed by atoms with Gasteiger partial charge in [0.15, 0.2) is 69.0 Å². The number of carbonyl (C=O) groups is 2. The van der Waals surface area contributed by atoms with Crippen molar-refractivity contribution in [3.63, 3.8) is 0 Å². The van der Waals surface area contributed by atoms with Gasteiger partial charge in [0.2, 0.25) is 0 Å². The van der Waals surface area contributed by atoms with Crippen LogP contribution in [-0.2, 0) is 114 Å². The average Bonchev–Trinajstić information content (AvgIpc) is 1.55. The molecule has 1 saturated carbocycles. The summed E-state index contributed by atoms with van der Waals surface area (Å²) in [7, 11) is 0. The Kier molecular flexibility index (Phi) is 39.1. The molecule has 60 atom stereocenters. The Bertz CT molecular complexity index is 3660. The van der Waals surface area contributed by atoms with Gasteiger partial charge in [0.1, 0.15) is 128 Å². The number of hydrogen-bond acceptors (Lipinski definition) is 41. The fraction of sp³-hybridized carbons (Fsp3) is 0.978. The molecular formula is C93H160O43. The van der Waals surface area contributed by atoms with Gasteiger partial charge >= 0.3 is 11.9 Å². The van der Waals surface area contributed by atoms with Gasteiger partial charge in [0, 0.05) is 41.4 Å². The monoisotopic (exact) mass is 1970 g/mol. The maximum Gasteiger partial charge on any atom is 0.335 e. The van der Waals surface area contributed by atoms with Crippen LogP contribution in [0.15, 0.2) is 0 Å². The lowest BCUT2D eigenvalue weighted by molar-refractivity contribution is -0.388. The Hall–Kier alpha value is -2.62. The maximum absolute atomic E-state index is 13.4. The quantitative estimate of drug-likeness (QED) is 0.0348. The smallest absolute Gasteiger partial charge is 0.335 e. The van der Waals surface area contributed by atoms with Crippen molar-refractivity contribution in [3.05, 3.63) is 0 Å². The second kappa shape index (κ2) is 47.5. The number of rotatable bonds is 37. The van der Waals surface area contributed by atoms with Crippen LogP contribution in [0.25, 0.3) is 0 Å². The molecule has 19 N–H and O–H groups in total. The van der Waals surface area contributed by atoms with Gasteiger partial charge in [-0.3, -0.25) is 4.79 Å². The molecule has 12 fully saturated rings. The molecular weight excluding hydrogens is 1800 g/mol. The molecule has 0 spiro atoms. The first-order valence-corrected chi connectivity index (χ1v) is 49.4. The average molecular weight is 1970 g/mol. The zero-order valence-corrected chi connectivity index (χ0v) is 81.6. The molecule has 136 heavy (non-hydrogen) atoms. The van der Waals surface area contributed by atoms with Crippen LogP contribution in [0.3, 0.4) is 0 Å². The first kappa shape index (κ1) is 112. The van der Waals surface area contributed by atoms with Crippen LogP contribution in [0, 0.1) is 82.9 Å². The van der Waals surface area contributed by atoms with E-state index in [1.807, 2.05) is 69.2 Å². The van der Waals surface area contributed by atoms with Crippen LogP contribution in [0.4, 0.5) is 0 Å². The highest BCUT2D eigenvalue weighted by Gasteiger charge is 2.68. The summed E-state index contributed by atoms with van der Waals surface area (Å²) in [6.07, 6.45) is -54.5. The van der Waals surface area contributed by atoms with Crippen LogP contribution >= 0.6 is 0 Å². The van der Waals surface area contributed by atoms with E-state index in [4.69, 9.17) is 104 Å². The molecule has 0 radical (unpaired) electrons. The molecule has 0 aromatic rings. The number of carboxylic acids is 2. The Balaban J connectivity index is 0.609. The Morgan fingerprint density at radius 1 is 0.287 bits per heavy atom. The van der Waals surface area contributed by atoms with E-state index in [1.54, 1.807) is 34.6 Å². The van der Waals surface area contributed by atoms with E-state index in [2.05, 4.69) is 27.7 Å². The maximum atomic E-state index is 13.4. The van der Waals surface area contributed by atoms with Crippen LogP contribution in [0.2, 0.25) is 0 Å². The molecule has 11 aliphatic heterocycles. The number of aliphatic hydroxyl groups is 17. The highest BCUT2D eigenvalue weighted by molar-refractivity contribution is 5.73. The Morgan fingerprint density at radius 3 is 0.897 bits per heavy atom. The molecule has 12 rings (SSSR count). The van der Waals surface area contributed by atoms with Crippen molar-refractivity contribution in [1.82, 2.24) is 0 Å². The van der Waals surface area contributed by atoms with Crippen molar-refractivity contribution < 1.29 is 211 Å². The van der Waals surface area contributed by atoms with Crippen LogP contribution in [-0.4, -0.2) is 424 Å². The van der Waals surface area contributed by atoms with Crippen LogP contribution in [0.1, 0.15) is 177 Å². The van der Waals surface area contributed by atoms with Gasteiger partial charge in [-0.25, -0.2) is 4.79 Å². The molecule has 43 nitrogen and oxygen atoms in total. The normalized spacial score (nSPS) is 52.5. The number of carboxylic acid groups (broad SMARTS) is 2. The summed E-state index contributed by atoms with van der Waals surface area (Å²) in [5, 5.41) is 208. The summed E-state index contributed by atoms with van der Waals surface area (Å²) in [6, 6.07) is 0. The van der Waals surface area contributed by atoms with E-state index < -0.39 is 375 Å². The van der Waals surface area contributed by atoms with Crippen LogP contribution < -0.4 is 0 Å². The SMILES string of the molecule is CCC1O[C@@H](O[C@H]2C(CC)O[C@@H](O[C@H]3C(C)C(C)[C@@H](O[C@H]4C(C)C(C)[C@@H](O[C@H]5C(CC)O[C@@H](O[C@@H](CC(=O)O)C(C)C6[C@@H](O[C@H]7C(O)C(O)[C@@H](C)O[C@@H]7CC)C6(C)O)C(O)[C@H]5O)O[C@@H]4C(=O)O)O[C@@H]3CO)C(C)[C@H]2C)C(C)[C@@H](C)[C@H]1O[C@H]1O[C@H](CC)[C@@H](O[C@H]2O[C@H](CO)[C@@H](O[C@@H]3OC(CO)[C@H](O[C@@H]4OC(CO)[C@H](O[C@@H]5OC(CO)[C@H](O)[C@H](O)C5O)[C@H](O)C4O)[C@H](O)C3O)C(C)C2C)C(C)C1C. The van der Waals surface area contributed by atoms with E-state index in [0.717, 1.165) is 0 Å². The van der Waals surface area contributed by atoms with Gasteiger partial charge in [0.25, 0.3) is 0 Å². The summed E-state index contributed by atoms with van der Waals surface area (Å²) < 4.78 is 141. The van der Waals surface area contributed by atoms with Gasteiger partial charge < -0.3 is 201 Å². The van der Waals surface area contributed by atoms with Gasteiger partial charge in [-0.15, -0.1) is 0 Å². The standard InChI is InChI=1S/C93H160O43/c1-21-46-70(127-84-39(13)33(7)72(48(23-3)117-84)129-86-41(15)36(10)74(54(29-96)122-86)131-91-68(110)64(106)79(55(30-97)124-91)135-92-69(111)65(107)78(56(31-98)125-92)134-90-66(108)61(103)60(102)52(27-94)121-90)32(6)38(12)83(116-46)128-71-34(8)40(14)85(118-47(71)22-2)130-73-35(9)42(16)87(123-53(73)28-95)132-75-37(11)43(17)88(136-80(75)82(112)113)133-77-50(25-5)119-89(67(109)63(77)105)120-51(26-57(99)100)44(18)58-81(93(58,20)114)126-76-49(24-4)115-45(19)59(101)62(76)104/h32-56,58-81,83-92,94-98,101-111,114H,21-31H2,1-20H3,(H,99,100)(H,112,113)/t32-,33?,34-,35?,36?,37?,38?,39?,40?,41?,42?,43?,44?,45-,46?,47?,48-,49-,50?,51+,52?,53-,54-,55?,56?,58?,59?,60+,61+,62?,63-,64-,65-,66?,67?,68?,69?,70-,71-,72+,73+,74+,75+,76-,77+,78+,79+,80+,81-,83+,84-,85+,86-,87-,88+,89+,90+,91+,92+,93?/m1/s1. The lowest BCUT2D eigenvalue weighted by Crippen LogP contribution is -2.67. The zero-order chi connectivity index (χ0) is 100. The third-order valence-electron chi connectivity index (χ3n) is 32.5. The third-order valence-corrected chi connectivity index (χ3v) is 32.5. The van der Waals surface area contributed by atoms with Gasteiger partial charge in [-0.2, -0.15) is 0 Å². The molecule has 11 heterocycles. The van der Waals surface area contributed by atoms with Crippen molar-refractivity contribution in [3.8, 4) is 0 Å². The predicted octanol–water partition coefficient (Wildman–Crippen LogP) is -1.18. The molecule has 0 aromatic carbocycles. The summed E-state index contributed by atoms with van der Waals surface area (Å²) in [5.74, 6) is -8.44. The second-order valence-electron chi connectivity index (χ2n) is 41.0. The Labute approximate surface area is 794 Å². The highest BCUT2D eigenvalue weighted by atomic mass is 16.8. The molecule has 25 unspecified atom stereocenters.